The number of benzene rings is 2. The fourth-order valence-electron chi connectivity index (χ4n) is 4.55. The second-order valence-corrected chi connectivity index (χ2v) is 10.9. The van der Waals surface area contributed by atoms with Gasteiger partial charge in [-0.3, -0.25) is 9.97 Å². The monoisotopic (exact) mass is 435 g/mol. The van der Waals surface area contributed by atoms with E-state index in [1.165, 1.54) is 21.2 Å². The maximum absolute atomic E-state index is 9.82. The Morgan fingerprint density at radius 3 is 2.34 bits per heavy atom. The summed E-state index contributed by atoms with van der Waals surface area (Å²) in [5.74, 6) is 0. The average Bonchev–Trinajstić information content (AvgIpc) is 3.11. The molecule has 158 valence electrons. The van der Waals surface area contributed by atoms with E-state index >= 15 is 0 Å². The Morgan fingerprint density at radius 2 is 1.66 bits per heavy atom. The largest absolute Gasteiger partial charge is 0.261 e. The quantitative estimate of drug-likeness (QED) is 0.285. The Labute approximate surface area is 192 Å². The van der Waals surface area contributed by atoms with Gasteiger partial charge in [0.15, 0.2) is 0 Å². The lowest BCUT2D eigenvalue weighted by Crippen LogP contribution is -2.10. The molecule has 0 unspecified atom stereocenters. The van der Waals surface area contributed by atoms with Crippen LogP contribution in [0.3, 0.4) is 0 Å². The molecule has 0 saturated heterocycles. The molecule has 0 radical (unpaired) electrons. The third-order valence-electron chi connectivity index (χ3n) is 5.75. The maximum Gasteiger partial charge on any atom is 0.101 e. The van der Waals surface area contributed by atoms with E-state index in [9.17, 15) is 5.26 Å². The van der Waals surface area contributed by atoms with Gasteiger partial charge in [-0.15, -0.1) is 11.3 Å². The summed E-state index contributed by atoms with van der Waals surface area (Å²) >= 11 is 1.72. The smallest absolute Gasteiger partial charge is 0.101 e. The lowest BCUT2D eigenvalue weighted by atomic mass is 9.90. The van der Waals surface area contributed by atoms with E-state index in [1.807, 2.05) is 6.20 Å². The first-order valence-corrected chi connectivity index (χ1v) is 11.7. The Bertz CT molecular complexity index is 1540. The Hall–Kier alpha value is -3.29. The Morgan fingerprint density at radius 1 is 0.906 bits per heavy atom. The minimum Gasteiger partial charge on any atom is -0.261 e. The van der Waals surface area contributed by atoms with E-state index in [0.717, 1.165) is 44.2 Å². The van der Waals surface area contributed by atoms with Crippen LogP contribution >= 0.6 is 11.3 Å². The van der Waals surface area contributed by atoms with Crippen molar-refractivity contribution in [1.82, 2.24) is 9.97 Å². The van der Waals surface area contributed by atoms with Crippen molar-refractivity contribution in [2.24, 2.45) is 5.41 Å². The second kappa shape index (κ2) is 7.39. The van der Waals surface area contributed by atoms with Crippen molar-refractivity contribution in [2.45, 2.75) is 41.0 Å². The molecule has 0 aliphatic rings. The molecule has 3 aromatic heterocycles. The van der Waals surface area contributed by atoms with Gasteiger partial charge in [-0.1, -0.05) is 50.1 Å². The number of pyridine rings is 2. The van der Waals surface area contributed by atoms with Gasteiger partial charge in [0, 0.05) is 44.5 Å². The lowest BCUT2D eigenvalue weighted by Gasteiger charge is -2.17. The molecule has 3 heterocycles. The zero-order valence-electron chi connectivity index (χ0n) is 19.1. The highest BCUT2D eigenvalue weighted by Gasteiger charge is 2.18. The fourth-order valence-corrected chi connectivity index (χ4v) is 5.90. The van der Waals surface area contributed by atoms with Crippen LogP contribution in [-0.2, 0) is 6.42 Å². The number of fused-ring (bicyclic) bond motifs is 5. The molecule has 5 aromatic rings. The average molecular weight is 436 g/mol. The summed E-state index contributed by atoms with van der Waals surface area (Å²) in [6.45, 7) is 10.9. The summed E-state index contributed by atoms with van der Waals surface area (Å²) in [7, 11) is 0. The number of aromatic nitrogens is 2. The summed E-state index contributed by atoms with van der Waals surface area (Å²) in [5.41, 5.74) is 6.38. The van der Waals surface area contributed by atoms with Gasteiger partial charge in [-0.25, -0.2) is 0 Å². The van der Waals surface area contributed by atoms with Crippen molar-refractivity contribution >= 4 is 42.3 Å². The maximum atomic E-state index is 9.82. The van der Waals surface area contributed by atoms with E-state index in [2.05, 4.69) is 77.1 Å². The SMILES string of the molecule is Cc1cc(C)cc(-c2ncc(C#N)c3c2sc2c4cnc(CC(C)(C)C)cc4ccc23)c1. The topological polar surface area (TPSA) is 49.6 Å². The minimum atomic E-state index is 0.191. The van der Waals surface area contributed by atoms with E-state index in [4.69, 9.17) is 9.97 Å². The van der Waals surface area contributed by atoms with E-state index in [0.29, 0.717) is 5.56 Å². The Balaban J connectivity index is 1.81. The molecule has 0 aliphatic carbocycles. The van der Waals surface area contributed by atoms with E-state index < -0.39 is 0 Å². The molecule has 0 fully saturated rings. The van der Waals surface area contributed by atoms with E-state index in [1.54, 1.807) is 17.5 Å². The van der Waals surface area contributed by atoms with Crippen LogP contribution in [0, 0.1) is 30.6 Å². The molecule has 5 rings (SSSR count). The molecule has 0 atom stereocenters. The van der Waals surface area contributed by atoms with Gasteiger partial charge in [-0.05, 0) is 49.3 Å². The van der Waals surface area contributed by atoms with Gasteiger partial charge < -0.3 is 0 Å². The zero-order chi connectivity index (χ0) is 22.6. The molecule has 3 nitrogen and oxygen atoms in total. The summed E-state index contributed by atoms with van der Waals surface area (Å²) in [5, 5.41) is 14.3. The molecule has 0 saturated carbocycles. The van der Waals surface area contributed by atoms with Crippen molar-refractivity contribution in [3.8, 4) is 17.3 Å². The van der Waals surface area contributed by atoms with Gasteiger partial charge in [0.05, 0.1) is 16.0 Å². The number of nitrogens with zero attached hydrogens (tertiary/aromatic N) is 3. The van der Waals surface area contributed by atoms with Crippen LogP contribution < -0.4 is 0 Å². The molecule has 4 heteroatoms. The summed E-state index contributed by atoms with van der Waals surface area (Å²) in [6.07, 6.45) is 4.66. The minimum absolute atomic E-state index is 0.191. The van der Waals surface area contributed by atoms with Gasteiger partial charge in [0.1, 0.15) is 6.07 Å². The molecular formula is C28H25N3S. The number of thiophene rings is 1. The van der Waals surface area contributed by atoms with Crippen LogP contribution in [-0.4, -0.2) is 9.97 Å². The third-order valence-corrected chi connectivity index (χ3v) is 6.99. The highest BCUT2D eigenvalue weighted by Crippen LogP contribution is 2.43. The molecule has 0 N–H and O–H groups in total. The summed E-state index contributed by atoms with van der Waals surface area (Å²) in [4.78, 5) is 9.52. The molecule has 0 spiro atoms. The van der Waals surface area contributed by atoms with Crippen LogP contribution in [0.1, 0.15) is 43.2 Å². The standard InChI is InChI=1S/C28H25N3S/c1-16-8-17(2)10-19(9-16)25-27-24(20(13-29)14-31-25)22-7-6-18-11-21(12-28(3,4)5)30-15-23(18)26(22)32-27/h6-11,14-15H,12H2,1-5H3. The van der Waals surface area contributed by atoms with Crippen molar-refractivity contribution in [3.05, 3.63) is 71.2 Å². The molecule has 2 aromatic carbocycles. The molecule has 0 amide bonds. The van der Waals surface area contributed by atoms with Crippen LogP contribution in [0.4, 0.5) is 0 Å². The molecular weight excluding hydrogens is 410 g/mol. The molecule has 32 heavy (non-hydrogen) atoms. The van der Waals surface area contributed by atoms with Gasteiger partial charge in [-0.2, -0.15) is 5.26 Å². The van der Waals surface area contributed by atoms with Gasteiger partial charge in [0.2, 0.25) is 0 Å². The van der Waals surface area contributed by atoms with Crippen molar-refractivity contribution < 1.29 is 0 Å². The number of hydrogen-bond acceptors (Lipinski definition) is 4. The summed E-state index contributed by atoms with van der Waals surface area (Å²) < 4.78 is 2.23. The predicted octanol–water partition coefficient (Wildman–Crippen LogP) is 7.74. The van der Waals surface area contributed by atoms with Crippen molar-refractivity contribution in [1.29, 1.82) is 5.26 Å². The first kappa shape index (κ1) is 20.6. The Kier molecular flexibility index (Phi) is 4.76. The first-order chi connectivity index (χ1) is 15.2. The number of hydrogen-bond donors (Lipinski definition) is 0. The van der Waals surface area contributed by atoms with Crippen LogP contribution in [0.5, 0.6) is 0 Å². The second-order valence-electron chi connectivity index (χ2n) is 9.89. The summed E-state index contributed by atoms with van der Waals surface area (Å²) in [6, 6.07) is 15.4. The molecule has 0 bridgehead atoms. The number of rotatable bonds is 2. The van der Waals surface area contributed by atoms with E-state index in [-0.39, 0.29) is 5.41 Å². The predicted molar refractivity (Wildman–Crippen MR) is 135 cm³/mol. The van der Waals surface area contributed by atoms with Gasteiger partial charge >= 0.3 is 0 Å². The fraction of sp³-hybridized carbons (Fsp3) is 0.250. The lowest BCUT2D eigenvalue weighted by molar-refractivity contribution is 0.406. The van der Waals surface area contributed by atoms with Crippen LogP contribution in [0.25, 0.3) is 42.2 Å². The first-order valence-electron chi connectivity index (χ1n) is 10.9. The normalized spacial score (nSPS) is 12.0. The van der Waals surface area contributed by atoms with Crippen molar-refractivity contribution in [2.75, 3.05) is 0 Å². The number of nitriles is 1. The zero-order valence-corrected chi connectivity index (χ0v) is 19.9. The molecule has 0 aliphatic heterocycles. The van der Waals surface area contributed by atoms with Crippen LogP contribution in [0.15, 0.2) is 48.8 Å². The van der Waals surface area contributed by atoms with Gasteiger partial charge in [0.25, 0.3) is 0 Å². The van der Waals surface area contributed by atoms with Crippen molar-refractivity contribution in [3.63, 3.8) is 0 Å². The third kappa shape index (κ3) is 3.53. The highest BCUT2D eigenvalue weighted by atomic mass is 32.1. The number of aryl methyl sites for hydroxylation is 2. The highest BCUT2D eigenvalue weighted by molar-refractivity contribution is 7.27. The van der Waals surface area contributed by atoms with Crippen LogP contribution in [0.2, 0.25) is 0 Å².